The van der Waals surface area contributed by atoms with Crippen LogP contribution in [0.15, 0.2) is 24.3 Å². The molecule has 1 aromatic heterocycles. The normalized spacial score (nSPS) is 14.0. The minimum absolute atomic E-state index is 0.0921. The maximum atomic E-state index is 13.2. The van der Waals surface area contributed by atoms with Crippen molar-refractivity contribution in [1.82, 2.24) is 4.98 Å². The summed E-state index contributed by atoms with van der Waals surface area (Å²) in [4.78, 5) is 30.3. The van der Waals surface area contributed by atoms with Crippen LogP contribution >= 0.6 is 0 Å². The Kier molecular flexibility index (Phi) is 4.93. The number of hydrogen-bond donors (Lipinski definition) is 1. The SMILES string of the molecule is CCOC(=O)c1c(C)[nH]c(C(=O)N2CCCCc3ccccc32)c1C. The molecule has 0 atom stereocenters. The molecular formula is C20H24N2O3. The van der Waals surface area contributed by atoms with Crippen LogP contribution in [0.3, 0.4) is 0 Å². The molecule has 1 aliphatic rings. The van der Waals surface area contributed by atoms with Crippen molar-refractivity contribution < 1.29 is 14.3 Å². The number of esters is 1. The van der Waals surface area contributed by atoms with E-state index in [0.717, 1.165) is 24.9 Å². The van der Waals surface area contributed by atoms with Crippen LogP contribution in [0, 0.1) is 13.8 Å². The molecule has 0 bridgehead atoms. The van der Waals surface area contributed by atoms with Crippen molar-refractivity contribution in [3.8, 4) is 0 Å². The van der Waals surface area contributed by atoms with Gasteiger partial charge in [0.15, 0.2) is 0 Å². The summed E-state index contributed by atoms with van der Waals surface area (Å²) in [7, 11) is 0. The highest BCUT2D eigenvalue weighted by Crippen LogP contribution is 2.29. The van der Waals surface area contributed by atoms with Gasteiger partial charge in [0, 0.05) is 17.9 Å². The van der Waals surface area contributed by atoms with Gasteiger partial charge in [-0.05, 0) is 57.2 Å². The Morgan fingerprint density at radius 1 is 1.20 bits per heavy atom. The molecule has 0 spiro atoms. The second kappa shape index (κ2) is 7.13. The van der Waals surface area contributed by atoms with Gasteiger partial charge in [0.2, 0.25) is 0 Å². The van der Waals surface area contributed by atoms with Gasteiger partial charge in [0.25, 0.3) is 5.91 Å². The molecule has 2 heterocycles. The maximum absolute atomic E-state index is 13.2. The summed E-state index contributed by atoms with van der Waals surface area (Å²) in [6.07, 6.45) is 3.01. The molecule has 1 aliphatic heterocycles. The fourth-order valence-electron chi connectivity index (χ4n) is 3.51. The third kappa shape index (κ3) is 3.18. The number of hydrogen-bond acceptors (Lipinski definition) is 3. The Morgan fingerprint density at radius 2 is 1.96 bits per heavy atom. The number of anilines is 1. The molecule has 0 saturated heterocycles. The Hall–Kier alpha value is -2.56. The third-order valence-electron chi connectivity index (χ3n) is 4.74. The Balaban J connectivity index is 1.99. The Labute approximate surface area is 148 Å². The molecule has 1 amide bonds. The van der Waals surface area contributed by atoms with Gasteiger partial charge in [0.1, 0.15) is 5.69 Å². The predicted molar refractivity (Wildman–Crippen MR) is 97.3 cm³/mol. The van der Waals surface area contributed by atoms with Crippen molar-refractivity contribution >= 4 is 17.6 Å². The quantitative estimate of drug-likeness (QED) is 0.865. The van der Waals surface area contributed by atoms with Gasteiger partial charge in [-0.1, -0.05) is 18.2 Å². The minimum Gasteiger partial charge on any atom is -0.462 e. The molecule has 1 aromatic carbocycles. The summed E-state index contributed by atoms with van der Waals surface area (Å²) in [6.45, 7) is 6.36. The highest BCUT2D eigenvalue weighted by Gasteiger charge is 2.28. The van der Waals surface area contributed by atoms with Crippen LogP contribution in [0.4, 0.5) is 5.69 Å². The largest absolute Gasteiger partial charge is 0.462 e. The highest BCUT2D eigenvalue weighted by atomic mass is 16.5. The number of amides is 1. The van der Waals surface area contributed by atoms with E-state index in [-0.39, 0.29) is 11.9 Å². The van der Waals surface area contributed by atoms with Gasteiger partial charge in [-0.15, -0.1) is 0 Å². The van der Waals surface area contributed by atoms with Gasteiger partial charge < -0.3 is 14.6 Å². The summed E-state index contributed by atoms with van der Waals surface area (Å²) >= 11 is 0. The molecule has 0 radical (unpaired) electrons. The fourth-order valence-corrected chi connectivity index (χ4v) is 3.51. The molecule has 0 unspecified atom stereocenters. The molecular weight excluding hydrogens is 316 g/mol. The second-order valence-corrected chi connectivity index (χ2v) is 6.39. The number of carbonyl (C=O) groups excluding carboxylic acids is 2. The van der Waals surface area contributed by atoms with Crippen LogP contribution < -0.4 is 4.90 Å². The van der Waals surface area contributed by atoms with Gasteiger partial charge >= 0.3 is 5.97 Å². The topological polar surface area (TPSA) is 62.4 Å². The third-order valence-corrected chi connectivity index (χ3v) is 4.74. The monoisotopic (exact) mass is 340 g/mol. The van der Waals surface area contributed by atoms with E-state index in [1.54, 1.807) is 20.8 Å². The van der Waals surface area contributed by atoms with E-state index in [9.17, 15) is 9.59 Å². The number of nitrogens with one attached hydrogen (secondary N) is 1. The van der Waals surface area contributed by atoms with Gasteiger partial charge in [-0.25, -0.2) is 4.79 Å². The zero-order chi connectivity index (χ0) is 18.0. The van der Waals surface area contributed by atoms with Crippen LogP contribution in [0.5, 0.6) is 0 Å². The summed E-state index contributed by atoms with van der Waals surface area (Å²) in [5, 5.41) is 0. The van der Waals surface area contributed by atoms with Crippen molar-refractivity contribution in [2.24, 2.45) is 0 Å². The second-order valence-electron chi connectivity index (χ2n) is 6.39. The lowest BCUT2D eigenvalue weighted by Gasteiger charge is -2.22. The lowest BCUT2D eigenvalue weighted by Crippen LogP contribution is -2.32. The first kappa shape index (κ1) is 17.3. The Bertz CT molecular complexity index is 807. The highest BCUT2D eigenvalue weighted by molar-refractivity contribution is 6.08. The molecule has 3 rings (SSSR count). The molecule has 25 heavy (non-hydrogen) atoms. The molecule has 0 aliphatic carbocycles. The first-order chi connectivity index (χ1) is 12.0. The number of para-hydroxylation sites is 1. The molecule has 0 fully saturated rings. The van der Waals surface area contributed by atoms with E-state index in [4.69, 9.17) is 4.74 Å². The van der Waals surface area contributed by atoms with Gasteiger partial charge in [0.05, 0.1) is 12.2 Å². The van der Waals surface area contributed by atoms with E-state index in [1.165, 1.54) is 5.56 Å². The molecule has 5 heteroatoms. The van der Waals surface area contributed by atoms with Crippen molar-refractivity contribution in [3.63, 3.8) is 0 Å². The summed E-state index contributed by atoms with van der Waals surface area (Å²) in [5.41, 5.74) is 4.42. The standard InChI is InChI=1S/C20H24N2O3/c1-4-25-20(24)17-13(2)18(21-14(17)3)19(23)22-12-8-7-10-15-9-5-6-11-16(15)22/h5-6,9,11,21H,4,7-8,10,12H2,1-3H3. The summed E-state index contributed by atoms with van der Waals surface area (Å²) in [5.74, 6) is -0.477. The first-order valence-corrected chi connectivity index (χ1v) is 8.80. The number of benzene rings is 1. The van der Waals surface area contributed by atoms with Crippen LogP contribution in [0.25, 0.3) is 0 Å². The zero-order valence-electron chi connectivity index (χ0n) is 15.0. The average Bonchev–Trinajstić information content (AvgIpc) is 2.77. The molecule has 132 valence electrons. The van der Waals surface area contributed by atoms with Crippen LogP contribution in [-0.4, -0.2) is 30.0 Å². The van der Waals surface area contributed by atoms with E-state index < -0.39 is 0 Å². The van der Waals surface area contributed by atoms with Crippen molar-refractivity contribution in [2.45, 2.75) is 40.0 Å². The summed E-state index contributed by atoms with van der Waals surface area (Å²) in [6, 6.07) is 8.05. The van der Waals surface area contributed by atoms with Gasteiger partial charge in [-0.2, -0.15) is 0 Å². The van der Waals surface area contributed by atoms with Gasteiger partial charge in [-0.3, -0.25) is 4.79 Å². The number of aromatic amines is 1. The van der Waals surface area contributed by atoms with Crippen molar-refractivity contribution in [3.05, 3.63) is 52.3 Å². The summed E-state index contributed by atoms with van der Waals surface area (Å²) < 4.78 is 5.12. The first-order valence-electron chi connectivity index (χ1n) is 8.80. The number of ether oxygens (including phenoxy) is 1. The van der Waals surface area contributed by atoms with Crippen LogP contribution in [-0.2, 0) is 11.2 Å². The number of aryl methyl sites for hydroxylation is 2. The van der Waals surface area contributed by atoms with E-state index >= 15 is 0 Å². The van der Waals surface area contributed by atoms with E-state index in [2.05, 4.69) is 11.1 Å². The smallest absolute Gasteiger partial charge is 0.340 e. The lowest BCUT2D eigenvalue weighted by atomic mass is 10.1. The maximum Gasteiger partial charge on any atom is 0.340 e. The lowest BCUT2D eigenvalue weighted by molar-refractivity contribution is 0.0525. The van der Waals surface area contributed by atoms with E-state index in [0.29, 0.717) is 35.7 Å². The average molecular weight is 340 g/mol. The fraction of sp³-hybridized carbons (Fsp3) is 0.400. The number of H-pyrrole nitrogens is 1. The number of nitrogens with zero attached hydrogens (tertiary/aromatic N) is 1. The minimum atomic E-state index is -0.385. The zero-order valence-corrected chi connectivity index (χ0v) is 15.0. The van der Waals surface area contributed by atoms with Crippen LogP contribution in [0.2, 0.25) is 0 Å². The number of rotatable bonds is 3. The van der Waals surface area contributed by atoms with E-state index in [1.807, 2.05) is 23.1 Å². The molecule has 1 N–H and O–H groups in total. The van der Waals surface area contributed by atoms with Crippen molar-refractivity contribution in [2.75, 3.05) is 18.1 Å². The van der Waals surface area contributed by atoms with Crippen molar-refractivity contribution in [1.29, 1.82) is 0 Å². The molecule has 5 nitrogen and oxygen atoms in total. The number of fused-ring (bicyclic) bond motifs is 1. The molecule has 2 aromatic rings. The predicted octanol–water partition coefficient (Wildman–Crippen LogP) is 3.79. The Morgan fingerprint density at radius 3 is 2.72 bits per heavy atom. The van der Waals surface area contributed by atoms with Crippen LogP contribution in [0.1, 0.15) is 57.4 Å². The molecule has 0 saturated carbocycles. The number of carbonyl (C=O) groups is 2. The number of aromatic nitrogens is 1.